The number of nitrogens with zero attached hydrogens (tertiary/aromatic N) is 1. The molecule has 1 amide bonds. The Morgan fingerprint density at radius 1 is 1.32 bits per heavy atom. The number of piperazine rings is 1. The molecule has 1 aromatic rings. The van der Waals surface area contributed by atoms with E-state index in [4.69, 9.17) is 0 Å². The van der Waals surface area contributed by atoms with Crippen molar-refractivity contribution < 1.29 is 18.0 Å². The molecule has 0 aromatic heterocycles. The molecule has 6 heteroatoms. The summed E-state index contributed by atoms with van der Waals surface area (Å²) in [6.45, 7) is 2.96. The number of carbonyl (C=O) groups is 1. The molecule has 0 spiro atoms. The fourth-order valence-corrected chi connectivity index (χ4v) is 2.99. The van der Waals surface area contributed by atoms with Crippen molar-refractivity contribution in [2.45, 2.75) is 25.2 Å². The molecule has 0 bridgehead atoms. The Morgan fingerprint density at radius 3 is 2.74 bits per heavy atom. The molecule has 0 radical (unpaired) electrons. The lowest BCUT2D eigenvalue weighted by Crippen LogP contribution is -2.50. The van der Waals surface area contributed by atoms with Crippen LogP contribution in [0.3, 0.4) is 0 Å². The molecule has 3 rings (SSSR count). The minimum atomic E-state index is -4.49. The molecule has 1 aromatic carbocycles. The normalized spacial score (nSPS) is 26.3. The highest BCUT2D eigenvalue weighted by atomic mass is 19.4. The third-order valence-electron chi connectivity index (χ3n) is 3.80. The summed E-state index contributed by atoms with van der Waals surface area (Å²) in [5.41, 5.74) is -0.508. The van der Waals surface area contributed by atoms with Crippen LogP contribution in [0.2, 0.25) is 0 Å². The third-order valence-corrected chi connectivity index (χ3v) is 3.80. The largest absolute Gasteiger partial charge is 0.417 e. The predicted molar refractivity (Wildman–Crippen MR) is 62.7 cm³/mol. The van der Waals surface area contributed by atoms with Crippen LogP contribution in [0.1, 0.15) is 34.5 Å². The summed E-state index contributed by atoms with van der Waals surface area (Å²) < 4.78 is 39.0. The van der Waals surface area contributed by atoms with Crippen molar-refractivity contribution in [3.8, 4) is 0 Å². The van der Waals surface area contributed by atoms with Crippen molar-refractivity contribution in [2.75, 3.05) is 13.1 Å². The topological polar surface area (TPSA) is 32.3 Å². The molecule has 2 aliphatic heterocycles. The number of alkyl halides is 3. The molecule has 2 atom stereocenters. The number of nitrogens with one attached hydrogen (secondary N) is 1. The predicted octanol–water partition coefficient (Wildman–Crippen LogP) is 2.19. The number of benzene rings is 1. The number of hydrogen-bond acceptors (Lipinski definition) is 2. The lowest BCUT2D eigenvalue weighted by molar-refractivity contribution is -0.137. The van der Waals surface area contributed by atoms with E-state index in [0.717, 1.165) is 6.07 Å². The molecular formula is C13H13F3N2O. The van der Waals surface area contributed by atoms with E-state index >= 15 is 0 Å². The highest BCUT2D eigenvalue weighted by Gasteiger charge is 2.46. The van der Waals surface area contributed by atoms with Crippen molar-refractivity contribution in [3.05, 3.63) is 34.9 Å². The molecule has 3 nitrogen and oxygen atoms in total. The summed E-state index contributed by atoms with van der Waals surface area (Å²) in [7, 11) is 0. The van der Waals surface area contributed by atoms with Gasteiger partial charge >= 0.3 is 6.18 Å². The van der Waals surface area contributed by atoms with Gasteiger partial charge in [0.05, 0.1) is 17.2 Å². The van der Waals surface area contributed by atoms with E-state index in [0.29, 0.717) is 18.7 Å². The monoisotopic (exact) mass is 270 g/mol. The standard InChI is InChI=1S/C13H13F3N2O/c1-7-5-17-6-10-8-3-2-4-9(13(14,15)16)11(8)12(19)18(7)10/h2-4,7,10,17H,5-6H2,1H3/t7-,10+/m0/s1. The Hall–Kier alpha value is -1.56. The zero-order valence-electron chi connectivity index (χ0n) is 10.3. The summed E-state index contributed by atoms with van der Waals surface area (Å²) in [6.07, 6.45) is -4.49. The molecule has 1 N–H and O–H groups in total. The van der Waals surface area contributed by atoms with Crippen LogP contribution in [0.25, 0.3) is 0 Å². The maximum atomic E-state index is 13.0. The van der Waals surface area contributed by atoms with Crippen LogP contribution in [0, 0.1) is 0 Å². The Labute approximate surface area is 108 Å². The van der Waals surface area contributed by atoms with Crippen LogP contribution in [-0.4, -0.2) is 29.9 Å². The summed E-state index contributed by atoms with van der Waals surface area (Å²) >= 11 is 0. The minimum absolute atomic E-state index is 0.0975. The van der Waals surface area contributed by atoms with E-state index in [2.05, 4.69) is 5.32 Å². The molecule has 1 fully saturated rings. The number of hydrogen-bond donors (Lipinski definition) is 1. The van der Waals surface area contributed by atoms with Crippen LogP contribution in [0.5, 0.6) is 0 Å². The smallest absolute Gasteiger partial charge is 0.326 e. The molecule has 2 heterocycles. The Bertz CT molecular complexity index is 541. The van der Waals surface area contributed by atoms with Crippen molar-refractivity contribution in [2.24, 2.45) is 0 Å². The molecule has 19 heavy (non-hydrogen) atoms. The van der Waals surface area contributed by atoms with Crippen LogP contribution in [0.15, 0.2) is 18.2 Å². The fourth-order valence-electron chi connectivity index (χ4n) is 2.99. The first-order valence-corrected chi connectivity index (χ1v) is 6.14. The van der Waals surface area contributed by atoms with E-state index < -0.39 is 17.6 Å². The maximum absolute atomic E-state index is 13.0. The number of fused-ring (bicyclic) bond motifs is 3. The number of amides is 1. The van der Waals surface area contributed by atoms with Crippen LogP contribution in [-0.2, 0) is 6.18 Å². The first-order chi connectivity index (χ1) is 8.91. The second-order valence-corrected chi connectivity index (χ2v) is 5.00. The van der Waals surface area contributed by atoms with Gasteiger partial charge in [-0.25, -0.2) is 0 Å². The highest BCUT2D eigenvalue weighted by Crippen LogP contribution is 2.42. The molecule has 1 saturated heterocycles. The van der Waals surface area contributed by atoms with Crippen LogP contribution < -0.4 is 5.32 Å². The first kappa shape index (κ1) is 12.5. The van der Waals surface area contributed by atoms with E-state index in [1.165, 1.54) is 6.07 Å². The Morgan fingerprint density at radius 2 is 2.05 bits per heavy atom. The molecule has 0 unspecified atom stereocenters. The van der Waals surface area contributed by atoms with E-state index in [1.54, 1.807) is 11.0 Å². The minimum Gasteiger partial charge on any atom is -0.326 e. The quantitative estimate of drug-likeness (QED) is 0.783. The van der Waals surface area contributed by atoms with Crippen molar-refractivity contribution in [3.63, 3.8) is 0 Å². The van der Waals surface area contributed by atoms with Gasteiger partial charge in [-0.05, 0) is 18.6 Å². The summed E-state index contributed by atoms with van der Waals surface area (Å²) in [4.78, 5) is 13.9. The summed E-state index contributed by atoms with van der Waals surface area (Å²) in [5, 5.41) is 3.15. The fraction of sp³-hybridized carbons (Fsp3) is 0.462. The Kier molecular flexibility index (Phi) is 2.60. The van der Waals surface area contributed by atoms with Crippen LogP contribution in [0.4, 0.5) is 13.2 Å². The van der Waals surface area contributed by atoms with Gasteiger partial charge in [-0.2, -0.15) is 13.2 Å². The third kappa shape index (κ3) is 1.74. The molecular weight excluding hydrogens is 257 g/mol. The molecule has 0 aliphatic carbocycles. The van der Waals surface area contributed by atoms with Crippen molar-refractivity contribution >= 4 is 5.91 Å². The summed E-state index contributed by atoms with van der Waals surface area (Å²) in [5.74, 6) is -0.498. The van der Waals surface area contributed by atoms with Gasteiger partial charge in [0.1, 0.15) is 0 Å². The van der Waals surface area contributed by atoms with Gasteiger partial charge in [-0.3, -0.25) is 4.79 Å². The number of carbonyl (C=O) groups excluding carboxylic acids is 1. The van der Waals surface area contributed by atoms with Gasteiger partial charge in [0.2, 0.25) is 0 Å². The molecule has 102 valence electrons. The van der Waals surface area contributed by atoms with Crippen molar-refractivity contribution in [1.82, 2.24) is 10.2 Å². The van der Waals surface area contributed by atoms with Gasteiger partial charge in [0, 0.05) is 19.1 Å². The number of halogens is 3. The zero-order chi connectivity index (χ0) is 13.8. The van der Waals surface area contributed by atoms with E-state index in [1.807, 2.05) is 6.92 Å². The maximum Gasteiger partial charge on any atom is 0.417 e. The number of rotatable bonds is 0. The van der Waals surface area contributed by atoms with Gasteiger partial charge in [0.15, 0.2) is 0 Å². The first-order valence-electron chi connectivity index (χ1n) is 6.14. The van der Waals surface area contributed by atoms with Gasteiger partial charge in [-0.1, -0.05) is 12.1 Å². The van der Waals surface area contributed by atoms with Gasteiger partial charge in [0.25, 0.3) is 5.91 Å². The second kappa shape index (κ2) is 3.96. The highest BCUT2D eigenvalue weighted by molar-refractivity contribution is 6.01. The average molecular weight is 270 g/mol. The van der Waals surface area contributed by atoms with Gasteiger partial charge in [-0.15, -0.1) is 0 Å². The second-order valence-electron chi connectivity index (χ2n) is 5.00. The zero-order valence-corrected chi connectivity index (χ0v) is 10.3. The average Bonchev–Trinajstić information content (AvgIpc) is 2.64. The van der Waals surface area contributed by atoms with Crippen molar-refractivity contribution in [1.29, 1.82) is 0 Å². The van der Waals surface area contributed by atoms with Gasteiger partial charge < -0.3 is 10.2 Å². The summed E-state index contributed by atoms with van der Waals surface area (Å²) in [6, 6.07) is 3.59. The van der Waals surface area contributed by atoms with E-state index in [-0.39, 0.29) is 17.6 Å². The lowest BCUT2D eigenvalue weighted by atomic mass is 9.98. The van der Waals surface area contributed by atoms with Crippen LogP contribution >= 0.6 is 0 Å². The lowest BCUT2D eigenvalue weighted by Gasteiger charge is -2.36. The Balaban J connectivity index is 2.17. The molecule has 2 aliphatic rings. The SMILES string of the molecule is C[C@H]1CNC[C@@H]2c3cccc(C(F)(F)F)c3C(=O)N21. The molecule has 0 saturated carbocycles. The van der Waals surface area contributed by atoms with E-state index in [9.17, 15) is 18.0 Å².